The largest absolute Gasteiger partial charge is 0.493 e. The maximum atomic E-state index is 12.6. The van der Waals surface area contributed by atoms with Crippen molar-refractivity contribution in [2.75, 3.05) is 26.6 Å². The Labute approximate surface area is 202 Å². The predicted octanol–water partition coefficient (Wildman–Crippen LogP) is 4.77. The SMILES string of the molecule is COc1cc(C(=O)N/N=C(\C)c2ccc(NC(=O)c3ccc(Cl)cc3)cc2)cc(OC)c1OC. The summed E-state index contributed by atoms with van der Waals surface area (Å²) in [7, 11) is 4.44. The number of anilines is 1. The molecule has 3 aromatic carbocycles. The first kappa shape index (κ1) is 24.6. The van der Waals surface area contributed by atoms with Crippen molar-refractivity contribution in [1.82, 2.24) is 5.43 Å². The summed E-state index contributed by atoms with van der Waals surface area (Å²) in [4.78, 5) is 25.0. The lowest BCUT2D eigenvalue weighted by atomic mass is 10.1. The number of benzene rings is 3. The summed E-state index contributed by atoms with van der Waals surface area (Å²) in [5.74, 6) is 0.440. The number of hydrazone groups is 1. The highest BCUT2D eigenvalue weighted by atomic mass is 35.5. The van der Waals surface area contributed by atoms with E-state index in [4.69, 9.17) is 25.8 Å². The van der Waals surface area contributed by atoms with Crippen LogP contribution in [0.5, 0.6) is 17.2 Å². The number of carbonyl (C=O) groups excluding carboxylic acids is 2. The first-order valence-corrected chi connectivity index (χ1v) is 10.6. The Morgan fingerprint density at radius 2 is 1.32 bits per heavy atom. The van der Waals surface area contributed by atoms with Crippen LogP contribution in [-0.2, 0) is 0 Å². The number of rotatable bonds is 8. The molecule has 0 aliphatic carbocycles. The Balaban J connectivity index is 1.68. The Bertz CT molecular complexity index is 1180. The quantitative estimate of drug-likeness (QED) is 0.356. The minimum absolute atomic E-state index is 0.243. The van der Waals surface area contributed by atoms with Crippen LogP contribution >= 0.6 is 11.6 Å². The van der Waals surface area contributed by atoms with Gasteiger partial charge in [-0.2, -0.15) is 5.10 Å². The number of hydrogen-bond donors (Lipinski definition) is 2. The Morgan fingerprint density at radius 1 is 0.765 bits per heavy atom. The van der Waals surface area contributed by atoms with Crippen molar-refractivity contribution in [2.24, 2.45) is 5.10 Å². The van der Waals surface area contributed by atoms with Crippen LogP contribution in [0.3, 0.4) is 0 Å². The van der Waals surface area contributed by atoms with Crippen LogP contribution in [-0.4, -0.2) is 38.9 Å². The van der Waals surface area contributed by atoms with Gasteiger partial charge in [-0.25, -0.2) is 5.43 Å². The number of hydrogen-bond acceptors (Lipinski definition) is 6. The molecule has 8 nitrogen and oxygen atoms in total. The second kappa shape index (κ2) is 11.2. The van der Waals surface area contributed by atoms with Crippen molar-refractivity contribution in [3.63, 3.8) is 0 Å². The van der Waals surface area contributed by atoms with Crippen molar-refractivity contribution in [3.05, 3.63) is 82.4 Å². The summed E-state index contributed by atoms with van der Waals surface area (Å²) in [6.45, 7) is 1.76. The van der Waals surface area contributed by atoms with Crippen molar-refractivity contribution < 1.29 is 23.8 Å². The number of halogens is 1. The third kappa shape index (κ3) is 5.85. The van der Waals surface area contributed by atoms with E-state index in [0.29, 0.717) is 44.8 Å². The fourth-order valence-electron chi connectivity index (χ4n) is 3.08. The summed E-state index contributed by atoms with van der Waals surface area (Å²) >= 11 is 5.86. The molecule has 0 radical (unpaired) electrons. The van der Waals surface area contributed by atoms with Gasteiger partial charge in [0.25, 0.3) is 11.8 Å². The van der Waals surface area contributed by atoms with E-state index in [1.54, 1.807) is 67.6 Å². The fourth-order valence-corrected chi connectivity index (χ4v) is 3.20. The summed E-state index contributed by atoms with van der Waals surface area (Å²) in [5.41, 5.74) is 5.30. The summed E-state index contributed by atoms with van der Waals surface area (Å²) < 4.78 is 15.8. The third-order valence-corrected chi connectivity index (χ3v) is 5.17. The molecule has 0 unspecified atom stereocenters. The number of amides is 2. The average molecular weight is 482 g/mol. The molecule has 0 aliphatic heterocycles. The van der Waals surface area contributed by atoms with Crippen molar-refractivity contribution >= 4 is 34.8 Å². The number of nitrogens with zero attached hydrogens (tertiary/aromatic N) is 1. The molecular weight excluding hydrogens is 458 g/mol. The summed E-state index contributed by atoms with van der Waals surface area (Å²) in [6.07, 6.45) is 0. The molecule has 0 heterocycles. The topological polar surface area (TPSA) is 98.2 Å². The normalized spacial score (nSPS) is 10.9. The number of methoxy groups -OCH3 is 3. The van der Waals surface area contributed by atoms with Crippen molar-refractivity contribution in [1.29, 1.82) is 0 Å². The third-order valence-electron chi connectivity index (χ3n) is 4.92. The molecule has 0 spiro atoms. The van der Waals surface area contributed by atoms with E-state index in [1.165, 1.54) is 21.3 Å². The molecule has 3 aromatic rings. The lowest BCUT2D eigenvalue weighted by Crippen LogP contribution is -2.19. The van der Waals surface area contributed by atoms with Gasteiger partial charge in [0.15, 0.2) is 11.5 Å². The van der Waals surface area contributed by atoms with E-state index in [1.807, 2.05) is 0 Å². The van der Waals surface area contributed by atoms with E-state index >= 15 is 0 Å². The zero-order valence-corrected chi connectivity index (χ0v) is 19.9. The second-order valence-electron chi connectivity index (χ2n) is 7.09. The molecule has 34 heavy (non-hydrogen) atoms. The Morgan fingerprint density at radius 3 is 1.85 bits per heavy atom. The van der Waals surface area contributed by atoms with Gasteiger partial charge < -0.3 is 19.5 Å². The molecule has 0 aromatic heterocycles. The fraction of sp³-hybridized carbons (Fsp3) is 0.160. The van der Waals surface area contributed by atoms with Crippen LogP contribution in [0.2, 0.25) is 5.02 Å². The van der Waals surface area contributed by atoms with E-state index in [9.17, 15) is 9.59 Å². The van der Waals surface area contributed by atoms with Crippen LogP contribution in [0.15, 0.2) is 65.8 Å². The van der Waals surface area contributed by atoms with E-state index in [-0.39, 0.29) is 5.91 Å². The number of ether oxygens (including phenoxy) is 3. The number of carbonyl (C=O) groups is 2. The van der Waals surface area contributed by atoms with E-state index in [2.05, 4.69) is 15.8 Å². The van der Waals surface area contributed by atoms with Gasteiger partial charge in [-0.15, -0.1) is 0 Å². The smallest absolute Gasteiger partial charge is 0.271 e. The zero-order valence-electron chi connectivity index (χ0n) is 19.1. The van der Waals surface area contributed by atoms with E-state index in [0.717, 1.165) is 5.56 Å². The van der Waals surface area contributed by atoms with Gasteiger partial charge in [-0.05, 0) is 61.0 Å². The lowest BCUT2D eigenvalue weighted by Gasteiger charge is -2.13. The van der Waals surface area contributed by atoms with Crippen LogP contribution in [0.4, 0.5) is 5.69 Å². The molecule has 176 valence electrons. The molecule has 0 fully saturated rings. The van der Waals surface area contributed by atoms with Crippen LogP contribution < -0.4 is 25.0 Å². The Kier molecular flexibility index (Phi) is 8.10. The molecule has 0 bridgehead atoms. The standard InChI is InChI=1S/C25H24ClN3O5/c1-15(28-29-25(31)18-13-21(32-2)23(34-4)22(14-18)33-3)16-7-11-20(12-8-16)27-24(30)17-5-9-19(26)10-6-17/h5-14H,1-4H3,(H,27,30)(H,29,31)/b28-15+. The molecule has 9 heteroatoms. The van der Waals surface area contributed by atoms with Gasteiger partial charge in [0, 0.05) is 21.8 Å². The molecule has 0 atom stereocenters. The monoisotopic (exact) mass is 481 g/mol. The highest BCUT2D eigenvalue weighted by molar-refractivity contribution is 6.30. The Hall–Kier alpha value is -4.04. The molecule has 2 N–H and O–H groups in total. The number of nitrogens with one attached hydrogen (secondary N) is 2. The van der Waals surface area contributed by atoms with Gasteiger partial charge >= 0.3 is 0 Å². The average Bonchev–Trinajstić information content (AvgIpc) is 2.86. The molecule has 2 amide bonds. The molecule has 0 saturated heterocycles. The molecular formula is C25H24ClN3O5. The van der Waals surface area contributed by atoms with Gasteiger partial charge in [0.2, 0.25) is 5.75 Å². The highest BCUT2D eigenvalue weighted by Gasteiger charge is 2.17. The van der Waals surface area contributed by atoms with Gasteiger partial charge in [0.1, 0.15) is 0 Å². The highest BCUT2D eigenvalue weighted by Crippen LogP contribution is 2.38. The molecule has 0 saturated carbocycles. The van der Waals surface area contributed by atoms with E-state index < -0.39 is 5.91 Å². The van der Waals surface area contributed by atoms with Crippen molar-refractivity contribution in [3.8, 4) is 17.2 Å². The maximum absolute atomic E-state index is 12.6. The second-order valence-corrected chi connectivity index (χ2v) is 7.53. The van der Waals surface area contributed by atoms with Crippen LogP contribution in [0.1, 0.15) is 33.2 Å². The molecule has 0 aliphatic rings. The summed E-state index contributed by atoms with van der Waals surface area (Å²) in [5, 5.41) is 7.56. The van der Waals surface area contributed by atoms with Gasteiger partial charge in [-0.1, -0.05) is 23.7 Å². The minimum atomic E-state index is -0.439. The first-order chi connectivity index (χ1) is 16.4. The molecule has 3 rings (SSSR count). The van der Waals surface area contributed by atoms with Gasteiger partial charge in [-0.3, -0.25) is 9.59 Å². The first-order valence-electron chi connectivity index (χ1n) is 10.2. The van der Waals surface area contributed by atoms with Gasteiger partial charge in [0.05, 0.1) is 27.0 Å². The zero-order chi connectivity index (χ0) is 24.7. The lowest BCUT2D eigenvalue weighted by molar-refractivity contribution is 0.0953. The van der Waals surface area contributed by atoms with Crippen molar-refractivity contribution in [2.45, 2.75) is 6.92 Å². The van der Waals surface area contributed by atoms with Crippen LogP contribution in [0, 0.1) is 0 Å². The van der Waals surface area contributed by atoms with Crippen LogP contribution in [0.25, 0.3) is 0 Å². The maximum Gasteiger partial charge on any atom is 0.271 e. The minimum Gasteiger partial charge on any atom is -0.493 e. The predicted molar refractivity (Wildman–Crippen MR) is 132 cm³/mol. The summed E-state index contributed by atoms with van der Waals surface area (Å²) in [6, 6.07) is 16.8.